The Labute approximate surface area is 108 Å². The fourth-order valence-electron chi connectivity index (χ4n) is 1.84. The van der Waals surface area contributed by atoms with E-state index in [9.17, 15) is 9.59 Å². The summed E-state index contributed by atoms with van der Waals surface area (Å²) >= 11 is 0. The van der Waals surface area contributed by atoms with Crippen LogP contribution in [0, 0.1) is 0 Å². The topological polar surface area (TPSA) is 59.1 Å². The van der Waals surface area contributed by atoms with Crippen LogP contribution in [-0.2, 0) is 14.3 Å². The van der Waals surface area contributed by atoms with Crippen LogP contribution in [0.5, 0.6) is 0 Å². The Morgan fingerprint density at radius 2 is 2.11 bits per heavy atom. The third kappa shape index (κ3) is 3.87. The van der Waals surface area contributed by atoms with E-state index in [0.29, 0.717) is 19.8 Å². The zero-order chi connectivity index (χ0) is 13.7. The van der Waals surface area contributed by atoms with Crippen molar-refractivity contribution < 1.29 is 19.1 Å². The lowest BCUT2D eigenvalue weighted by atomic mass is 10.2. The number of hydrogen-bond donors (Lipinski definition) is 0. The summed E-state index contributed by atoms with van der Waals surface area (Å²) in [6, 6.07) is 0.0456. The molecule has 0 radical (unpaired) electrons. The maximum Gasteiger partial charge on any atom is 0.409 e. The van der Waals surface area contributed by atoms with Gasteiger partial charge in [0.15, 0.2) is 0 Å². The summed E-state index contributed by atoms with van der Waals surface area (Å²) in [5.41, 5.74) is 0. The molecular weight excluding hydrogens is 236 g/mol. The molecule has 0 aliphatic carbocycles. The molecule has 1 saturated heterocycles. The first-order valence-corrected chi connectivity index (χ1v) is 6.24. The first kappa shape index (κ1) is 14.8. The highest BCUT2D eigenvalue weighted by Crippen LogP contribution is 2.11. The second kappa shape index (κ2) is 6.58. The Balaban J connectivity index is 2.50. The summed E-state index contributed by atoms with van der Waals surface area (Å²) in [7, 11) is 1.56. The van der Waals surface area contributed by atoms with Crippen molar-refractivity contribution in [3.63, 3.8) is 0 Å². The van der Waals surface area contributed by atoms with E-state index in [2.05, 4.69) is 0 Å². The van der Waals surface area contributed by atoms with Gasteiger partial charge in [-0.15, -0.1) is 0 Å². The Morgan fingerprint density at radius 1 is 1.44 bits per heavy atom. The molecule has 0 unspecified atom stereocenters. The first-order valence-electron chi connectivity index (χ1n) is 6.24. The smallest absolute Gasteiger partial charge is 0.409 e. The molecular formula is C12H22N2O4. The largest absolute Gasteiger partial charge is 0.450 e. The molecule has 18 heavy (non-hydrogen) atoms. The number of likely N-dealkylation sites (N-methyl/N-ethyl adjacent to an activating group) is 1. The van der Waals surface area contributed by atoms with Gasteiger partial charge in [0.05, 0.1) is 25.4 Å². The quantitative estimate of drug-likeness (QED) is 0.748. The minimum atomic E-state index is -0.472. The van der Waals surface area contributed by atoms with E-state index in [0.717, 1.165) is 0 Å². The summed E-state index contributed by atoms with van der Waals surface area (Å²) in [6.45, 7) is 7.06. The lowest BCUT2D eigenvalue weighted by molar-refractivity contribution is -0.143. The number of morpholine rings is 1. The van der Waals surface area contributed by atoms with Gasteiger partial charge >= 0.3 is 6.09 Å². The minimum Gasteiger partial charge on any atom is -0.450 e. The van der Waals surface area contributed by atoms with Gasteiger partial charge in [0.1, 0.15) is 6.54 Å². The Hall–Kier alpha value is -1.30. The molecule has 6 heteroatoms. The van der Waals surface area contributed by atoms with Crippen molar-refractivity contribution in [2.24, 2.45) is 0 Å². The van der Waals surface area contributed by atoms with Crippen molar-refractivity contribution in [3.05, 3.63) is 0 Å². The van der Waals surface area contributed by atoms with Crippen LogP contribution in [-0.4, -0.2) is 67.3 Å². The van der Waals surface area contributed by atoms with Crippen molar-refractivity contribution in [1.29, 1.82) is 0 Å². The molecule has 0 bridgehead atoms. The van der Waals surface area contributed by atoms with E-state index in [-0.39, 0.29) is 24.6 Å². The Kier molecular flexibility index (Phi) is 5.40. The maximum absolute atomic E-state index is 12.1. The monoisotopic (exact) mass is 258 g/mol. The summed E-state index contributed by atoms with van der Waals surface area (Å²) in [4.78, 5) is 26.6. The highest BCUT2D eigenvalue weighted by molar-refractivity contribution is 5.82. The molecule has 0 spiro atoms. The lowest BCUT2D eigenvalue weighted by Crippen LogP contribution is -2.53. The molecule has 1 aliphatic rings. The van der Waals surface area contributed by atoms with Crippen LogP contribution in [0.3, 0.4) is 0 Å². The number of amides is 2. The number of ether oxygens (including phenoxy) is 2. The van der Waals surface area contributed by atoms with Gasteiger partial charge in [-0.2, -0.15) is 0 Å². The van der Waals surface area contributed by atoms with Crippen LogP contribution >= 0.6 is 0 Å². The number of carbonyl (C=O) groups excluding carboxylic acids is 2. The summed E-state index contributed by atoms with van der Waals surface area (Å²) in [5.74, 6) is -0.0757. The van der Waals surface area contributed by atoms with E-state index in [1.54, 1.807) is 18.9 Å². The summed E-state index contributed by atoms with van der Waals surface area (Å²) in [6.07, 6.45) is -0.433. The Bertz CT molecular complexity index is 308. The molecule has 6 nitrogen and oxygen atoms in total. The van der Waals surface area contributed by atoms with Gasteiger partial charge in [0.25, 0.3) is 0 Å². The lowest BCUT2D eigenvalue weighted by Gasteiger charge is -2.37. The minimum absolute atomic E-state index is 0.0376. The molecule has 2 atom stereocenters. The highest BCUT2D eigenvalue weighted by Gasteiger charge is 2.28. The van der Waals surface area contributed by atoms with Crippen molar-refractivity contribution in [1.82, 2.24) is 9.80 Å². The van der Waals surface area contributed by atoms with Gasteiger partial charge in [0, 0.05) is 13.6 Å². The van der Waals surface area contributed by atoms with Crippen molar-refractivity contribution >= 4 is 12.0 Å². The van der Waals surface area contributed by atoms with Gasteiger partial charge in [-0.3, -0.25) is 4.79 Å². The molecule has 0 aromatic carbocycles. The van der Waals surface area contributed by atoms with E-state index in [1.165, 1.54) is 4.90 Å². The van der Waals surface area contributed by atoms with E-state index in [1.807, 2.05) is 13.8 Å². The molecule has 1 aliphatic heterocycles. The zero-order valence-corrected chi connectivity index (χ0v) is 11.5. The van der Waals surface area contributed by atoms with Crippen LogP contribution in [0.25, 0.3) is 0 Å². The predicted octanol–water partition coefficient (Wildman–Crippen LogP) is 0.711. The van der Waals surface area contributed by atoms with E-state index >= 15 is 0 Å². The van der Waals surface area contributed by atoms with Gasteiger partial charge in [0.2, 0.25) is 5.91 Å². The molecule has 1 rings (SSSR count). The van der Waals surface area contributed by atoms with E-state index < -0.39 is 6.09 Å². The predicted molar refractivity (Wildman–Crippen MR) is 66.2 cm³/mol. The zero-order valence-electron chi connectivity index (χ0n) is 11.5. The molecule has 1 fully saturated rings. The fraction of sp³-hybridized carbons (Fsp3) is 0.833. The number of hydrogen-bond acceptors (Lipinski definition) is 4. The van der Waals surface area contributed by atoms with Crippen molar-refractivity contribution in [2.45, 2.75) is 32.9 Å². The van der Waals surface area contributed by atoms with Gasteiger partial charge < -0.3 is 19.3 Å². The molecule has 2 amide bonds. The standard InChI is InChI=1S/C12H22N2O4/c1-5-17-12(16)13(4)7-11(15)14-6-10(3)18-8-9(14)2/h9-10H,5-8H2,1-4H3/t9-,10+/m1/s1. The third-order valence-electron chi connectivity index (χ3n) is 2.88. The first-order chi connectivity index (χ1) is 8.45. The highest BCUT2D eigenvalue weighted by atomic mass is 16.6. The number of nitrogens with zero attached hydrogens (tertiary/aromatic N) is 2. The average molecular weight is 258 g/mol. The van der Waals surface area contributed by atoms with Gasteiger partial charge in [-0.25, -0.2) is 4.79 Å². The van der Waals surface area contributed by atoms with Crippen molar-refractivity contribution in [3.8, 4) is 0 Å². The Morgan fingerprint density at radius 3 is 2.72 bits per heavy atom. The molecule has 0 N–H and O–H groups in total. The van der Waals surface area contributed by atoms with Crippen LogP contribution in [0.4, 0.5) is 4.79 Å². The van der Waals surface area contributed by atoms with Crippen LogP contribution in [0.15, 0.2) is 0 Å². The summed E-state index contributed by atoms with van der Waals surface area (Å²) < 4.78 is 10.3. The SMILES string of the molecule is CCOC(=O)N(C)CC(=O)N1C[C@H](C)OC[C@H]1C. The molecule has 104 valence electrons. The van der Waals surface area contributed by atoms with Crippen LogP contribution in [0.2, 0.25) is 0 Å². The molecule has 0 aromatic heterocycles. The van der Waals surface area contributed by atoms with Gasteiger partial charge in [-0.1, -0.05) is 0 Å². The van der Waals surface area contributed by atoms with Crippen LogP contribution < -0.4 is 0 Å². The van der Waals surface area contributed by atoms with Crippen LogP contribution in [0.1, 0.15) is 20.8 Å². The number of rotatable bonds is 3. The molecule has 0 aromatic rings. The normalized spacial score (nSPS) is 23.7. The van der Waals surface area contributed by atoms with E-state index in [4.69, 9.17) is 9.47 Å². The van der Waals surface area contributed by atoms with Gasteiger partial charge in [-0.05, 0) is 20.8 Å². The second-order valence-electron chi connectivity index (χ2n) is 4.59. The molecule has 0 saturated carbocycles. The van der Waals surface area contributed by atoms with Crippen molar-refractivity contribution in [2.75, 3.05) is 33.4 Å². The number of carbonyl (C=O) groups is 2. The molecule has 1 heterocycles. The fourth-order valence-corrected chi connectivity index (χ4v) is 1.84. The second-order valence-corrected chi connectivity index (χ2v) is 4.59. The summed E-state index contributed by atoms with van der Waals surface area (Å²) in [5, 5.41) is 0. The average Bonchev–Trinajstić information content (AvgIpc) is 2.32. The maximum atomic E-state index is 12.1. The third-order valence-corrected chi connectivity index (χ3v) is 2.88.